The van der Waals surface area contributed by atoms with Crippen LogP contribution in [0.5, 0.6) is 0 Å². The van der Waals surface area contributed by atoms with Crippen molar-refractivity contribution in [2.24, 2.45) is 0 Å². The molecular weight excluding hydrogens is 240 g/mol. The van der Waals surface area contributed by atoms with Gasteiger partial charge in [-0.05, 0) is 24.5 Å². The van der Waals surface area contributed by atoms with Crippen LogP contribution in [0.2, 0.25) is 0 Å². The summed E-state index contributed by atoms with van der Waals surface area (Å²) in [5, 5.41) is 6.28. The molecule has 4 heteroatoms. The molecule has 1 heterocycles. The third kappa shape index (κ3) is 4.65. The van der Waals surface area contributed by atoms with Crippen LogP contribution in [-0.4, -0.2) is 38.3 Å². The van der Waals surface area contributed by atoms with Crippen LogP contribution in [0.4, 0.5) is 0 Å². The van der Waals surface area contributed by atoms with E-state index in [-0.39, 0.29) is 11.9 Å². The average Bonchev–Trinajstić information content (AvgIpc) is 2.45. The van der Waals surface area contributed by atoms with Gasteiger partial charge < -0.3 is 15.4 Å². The molecule has 0 aromatic heterocycles. The number of carbonyl (C=O) groups is 1. The highest BCUT2D eigenvalue weighted by atomic mass is 16.5. The molecule has 104 valence electrons. The van der Waals surface area contributed by atoms with E-state index in [0.29, 0.717) is 19.6 Å². The maximum Gasteiger partial charge on any atom is 0.220 e. The number of morpholine rings is 1. The molecule has 1 unspecified atom stereocenters. The van der Waals surface area contributed by atoms with E-state index in [2.05, 4.69) is 29.7 Å². The summed E-state index contributed by atoms with van der Waals surface area (Å²) in [5.74, 6) is 0.107. The highest BCUT2D eigenvalue weighted by molar-refractivity contribution is 5.76. The molecular formula is C15H22N2O2. The van der Waals surface area contributed by atoms with Crippen molar-refractivity contribution in [2.75, 3.05) is 26.3 Å². The SMILES string of the molecule is Cc1ccccc1CCC(=O)NCC1COCCN1. The number of rotatable bonds is 5. The highest BCUT2D eigenvalue weighted by Crippen LogP contribution is 2.09. The maximum atomic E-state index is 11.8. The summed E-state index contributed by atoms with van der Waals surface area (Å²) < 4.78 is 5.35. The van der Waals surface area contributed by atoms with Gasteiger partial charge in [0.15, 0.2) is 0 Å². The fourth-order valence-corrected chi connectivity index (χ4v) is 2.22. The first kappa shape index (κ1) is 14.0. The van der Waals surface area contributed by atoms with Gasteiger partial charge in [-0.2, -0.15) is 0 Å². The van der Waals surface area contributed by atoms with Gasteiger partial charge >= 0.3 is 0 Å². The van der Waals surface area contributed by atoms with Crippen LogP contribution < -0.4 is 10.6 Å². The van der Waals surface area contributed by atoms with Crippen LogP contribution in [0, 0.1) is 6.92 Å². The minimum Gasteiger partial charge on any atom is -0.378 e. The largest absolute Gasteiger partial charge is 0.378 e. The predicted molar refractivity (Wildman–Crippen MR) is 75.1 cm³/mol. The predicted octanol–water partition coefficient (Wildman–Crippen LogP) is 1.03. The maximum absolute atomic E-state index is 11.8. The van der Waals surface area contributed by atoms with E-state index in [0.717, 1.165) is 19.6 Å². The molecule has 0 bridgehead atoms. The number of nitrogens with one attached hydrogen (secondary N) is 2. The third-order valence-electron chi connectivity index (χ3n) is 3.43. The van der Waals surface area contributed by atoms with Gasteiger partial charge in [0, 0.05) is 25.6 Å². The van der Waals surface area contributed by atoms with Crippen molar-refractivity contribution in [3.05, 3.63) is 35.4 Å². The lowest BCUT2D eigenvalue weighted by molar-refractivity contribution is -0.121. The van der Waals surface area contributed by atoms with Crippen LogP contribution in [-0.2, 0) is 16.0 Å². The van der Waals surface area contributed by atoms with Crippen molar-refractivity contribution in [1.29, 1.82) is 0 Å². The second kappa shape index (κ2) is 7.26. The molecule has 1 aromatic carbocycles. The lowest BCUT2D eigenvalue weighted by Gasteiger charge is -2.23. The number of carbonyl (C=O) groups excluding carboxylic acids is 1. The molecule has 1 atom stereocenters. The third-order valence-corrected chi connectivity index (χ3v) is 3.43. The van der Waals surface area contributed by atoms with E-state index in [1.54, 1.807) is 0 Å². The van der Waals surface area contributed by atoms with E-state index in [1.807, 2.05) is 12.1 Å². The van der Waals surface area contributed by atoms with Crippen molar-refractivity contribution in [3.8, 4) is 0 Å². The Hall–Kier alpha value is -1.39. The lowest BCUT2D eigenvalue weighted by atomic mass is 10.0. The van der Waals surface area contributed by atoms with Gasteiger partial charge in [0.25, 0.3) is 0 Å². The fourth-order valence-electron chi connectivity index (χ4n) is 2.22. The number of ether oxygens (including phenoxy) is 1. The zero-order valence-corrected chi connectivity index (χ0v) is 11.4. The molecule has 1 saturated heterocycles. The molecule has 1 amide bonds. The van der Waals surface area contributed by atoms with E-state index in [9.17, 15) is 4.79 Å². The molecule has 2 rings (SSSR count). The van der Waals surface area contributed by atoms with E-state index < -0.39 is 0 Å². The number of hydrogen-bond acceptors (Lipinski definition) is 3. The summed E-state index contributed by atoms with van der Waals surface area (Å²) in [7, 11) is 0. The Morgan fingerprint density at radius 2 is 2.32 bits per heavy atom. The quantitative estimate of drug-likeness (QED) is 0.833. The van der Waals surface area contributed by atoms with E-state index in [4.69, 9.17) is 4.74 Å². The van der Waals surface area contributed by atoms with Crippen LogP contribution in [0.1, 0.15) is 17.5 Å². The second-order valence-electron chi connectivity index (χ2n) is 4.96. The molecule has 0 spiro atoms. The van der Waals surface area contributed by atoms with Gasteiger partial charge in [-0.3, -0.25) is 4.79 Å². The topological polar surface area (TPSA) is 50.4 Å². The molecule has 1 aliphatic rings. The van der Waals surface area contributed by atoms with Crippen molar-refractivity contribution >= 4 is 5.91 Å². The van der Waals surface area contributed by atoms with Crippen LogP contribution in [0.15, 0.2) is 24.3 Å². The molecule has 19 heavy (non-hydrogen) atoms. The Kier molecular flexibility index (Phi) is 5.36. The van der Waals surface area contributed by atoms with Crippen molar-refractivity contribution < 1.29 is 9.53 Å². The van der Waals surface area contributed by atoms with Gasteiger partial charge in [0.05, 0.1) is 13.2 Å². The van der Waals surface area contributed by atoms with Crippen LogP contribution in [0.3, 0.4) is 0 Å². The van der Waals surface area contributed by atoms with Gasteiger partial charge in [-0.15, -0.1) is 0 Å². The monoisotopic (exact) mass is 262 g/mol. The molecule has 1 aliphatic heterocycles. The van der Waals surface area contributed by atoms with Crippen molar-refractivity contribution in [1.82, 2.24) is 10.6 Å². The number of amides is 1. The van der Waals surface area contributed by atoms with E-state index in [1.165, 1.54) is 11.1 Å². The molecule has 4 nitrogen and oxygen atoms in total. The normalized spacial score (nSPS) is 19.1. The molecule has 1 aromatic rings. The van der Waals surface area contributed by atoms with E-state index >= 15 is 0 Å². The van der Waals surface area contributed by atoms with Gasteiger partial charge in [0.1, 0.15) is 0 Å². The number of hydrogen-bond donors (Lipinski definition) is 2. The molecule has 0 aliphatic carbocycles. The zero-order chi connectivity index (χ0) is 13.5. The standard InChI is InChI=1S/C15H22N2O2/c1-12-4-2-3-5-13(12)6-7-15(18)17-10-14-11-19-9-8-16-14/h2-5,14,16H,6-11H2,1H3,(H,17,18). The average molecular weight is 262 g/mol. The Morgan fingerprint density at radius 3 is 3.05 bits per heavy atom. The smallest absolute Gasteiger partial charge is 0.220 e. The lowest BCUT2D eigenvalue weighted by Crippen LogP contribution is -2.48. The minimum absolute atomic E-state index is 0.107. The Bertz CT molecular complexity index is 414. The Labute approximate surface area is 114 Å². The van der Waals surface area contributed by atoms with Crippen LogP contribution in [0.25, 0.3) is 0 Å². The van der Waals surface area contributed by atoms with Gasteiger partial charge in [0.2, 0.25) is 5.91 Å². The fraction of sp³-hybridized carbons (Fsp3) is 0.533. The summed E-state index contributed by atoms with van der Waals surface area (Å²) in [5.41, 5.74) is 2.49. The summed E-state index contributed by atoms with van der Waals surface area (Å²) in [4.78, 5) is 11.8. The second-order valence-corrected chi connectivity index (χ2v) is 4.96. The molecule has 1 fully saturated rings. The molecule has 2 N–H and O–H groups in total. The summed E-state index contributed by atoms with van der Waals surface area (Å²) in [6, 6.07) is 8.45. The Balaban J connectivity index is 1.68. The Morgan fingerprint density at radius 1 is 1.47 bits per heavy atom. The first-order valence-electron chi connectivity index (χ1n) is 6.88. The number of benzene rings is 1. The number of aryl methyl sites for hydroxylation is 2. The molecule has 0 saturated carbocycles. The van der Waals surface area contributed by atoms with Crippen molar-refractivity contribution in [3.63, 3.8) is 0 Å². The van der Waals surface area contributed by atoms with Gasteiger partial charge in [-0.1, -0.05) is 24.3 Å². The van der Waals surface area contributed by atoms with Gasteiger partial charge in [-0.25, -0.2) is 0 Å². The zero-order valence-electron chi connectivity index (χ0n) is 11.4. The highest BCUT2D eigenvalue weighted by Gasteiger charge is 2.13. The minimum atomic E-state index is 0.107. The summed E-state index contributed by atoms with van der Waals surface area (Å²) in [6.07, 6.45) is 1.34. The first-order chi connectivity index (χ1) is 9.25. The van der Waals surface area contributed by atoms with Crippen LogP contribution >= 0.6 is 0 Å². The van der Waals surface area contributed by atoms with Crippen molar-refractivity contribution in [2.45, 2.75) is 25.8 Å². The first-order valence-corrected chi connectivity index (χ1v) is 6.88. The summed E-state index contributed by atoms with van der Waals surface area (Å²) >= 11 is 0. The summed E-state index contributed by atoms with van der Waals surface area (Å²) in [6.45, 7) is 5.03. The molecule has 0 radical (unpaired) electrons.